The third kappa shape index (κ3) is 26.7. The predicted octanol–water partition coefficient (Wildman–Crippen LogP) is 14.7. The molecule has 0 saturated heterocycles. The Bertz CT molecular complexity index is 1460. The fraction of sp³-hybridized carbons (Fsp3) is 0.623. The lowest BCUT2D eigenvalue weighted by Gasteiger charge is -2.10. The van der Waals surface area contributed by atoms with Crippen LogP contribution in [0.25, 0.3) is 12.2 Å². The van der Waals surface area contributed by atoms with Crippen LogP contribution in [0.2, 0.25) is 0 Å². The third-order valence-electron chi connectivity index (χ3n) is 11.1. The van der Waals surface area contributed by atoms with E-state index in [2.05, 4.69) is 13.8 Å². The molecular formula is C53H80O8. The fourth-order valence-electron chi connectivity index (χ4n) is 7.33. The summed E-state index contributed by atoms with van der Waals surface area (Å²) in [6.07, 6.45) is 38.7. The Labute approximate surface area is 369 Å². The lowest BCUT2D eigenvalue weighted by atomic mass is 10.0. The highest BCUT2D eigenvalue weighted by Gasteiger charge is 2.13. The van der Waals surface area contributed by atoms with Crippen molar-refractivity contribution in [2.75, 3.05) is 14.2 Å². The van der Waals surface area contributed by atoms with Crippen molar-refractivity contribution in [1.82, 2.24) is 0 Å². The minimum atomic E-state index is -0.356. The second-order valence-corrected chi connectivity index (χ2v) is 16.5. The molecule has 0 amide bonds. The van der Waals surface area contributed by atoms with Crippen LogP contribution in [-0.2, 0) is 19.2 Å². The molecule has 0 fully saturated rings. The number of ketones is 2. The van der Waals surface area contributed by atoms with Gasteiger partial charge in [0, 0.05) is 12.8 Å². The van der Waals surface area contributed by atoms with Crippen LogP contribution in [0.5, 0.6) is 23.0 Å². The molecule has 8 heteroatoms. The molecule has 2 rings (SSSR count). The molecular weight excluding hydrogens is 765 g/mol. The van der Waals surface area contributed by atoms with Crippen molar-refractivity contribution in [2.24, 2.45) is 0 Å². The molecule has 0 aromatic heterocycles. The van der Waals surface area contributed by atoms with Crippen LogP contribution < -0.4 is 18.9 Å². The van der Waals surface area contributed by atoms with Gasteiger partial charge in [-0.2, -0.15) is 0 Å². The highest BCUT2D eigenvalue weighted by molar-refractivity contribution is 6.10. The summed E-state index contributed by atoms with van der Waals surface area (Å²) in [4.78, 5) is 50.3. The van der Waals surface area contributed by atoms with Gasteiger partial charge in [-0.15, -0.1) is 0 Å². The summed E-state index contributed by atoms with van der Waals surface area (Å²) in [5, 5.41) is 0. The van der Waals surface area contributed by atoms with Crippen LogP contribution in [-0.4, -0.2) is 37.7 Å². The zero-order valence-electron chi connectivity index (χ0n) is 38.5. The van der Waals surface area contributed by atoms with E-state index in [1.807, 2.05) is 0 Å². The summed E-state index contributed by atoms with van der Waals surface area (Å²) in [6.45, 7) is 4.51. The topological polar surface area (TPSA) is 105 Å². The standard InChI is InChI=1S/C53H80O8/c1-5-7-9-11-13-15-17-19-21-23-25-27-29-31-52(56)60-48-39-35-44(41-50(48)58-3)33-37-46(54)43-47(55)38-34-45-36-40-49(51(42-45)59-4)61-53(57)32-30-28-26-24-22-20-18-16-14-12-10-8-6-2/h33-42H,5-32,43H2,1-4H3/b37-33+,38-34+. The molecule has 2 aromatic rings. The smallest absolute Gasteiger partial charge is 0.311 e. The number of benzene rings is 2. The third-order valence-corrected chi connectivity index (χ3v) is 11.1. The van der Waals surface area contributed by atoms with Crippen molar-refractivity contribution in [1.29, 1.82) is 0 Å². The molecule has 0 aliphatic carbocycles. The highest BCUT2D eigenvalue weighted by atomic mass is 16.6. The second-order valence-electron chi connectivity index (χ2n) is 16.5. The minimum absolute atomic E-state index is 0.292. The first-order chi connectivity index (χ1) is 29.8. The molecule has 0 aliphatic rings. The van der Waals surface area contributed by atoms with Gasteiger partial charge in [-0.1, -0.05) is 192 Å². The van der Waals surface area contributed by atoms with E-state index in [0.29, 0.717) is 47.0 Å². The Morgan fingerprint density at radius 2 is 0.705 bits per heavy atom. The van der Waals surface area contributed by atoms with Gasteiger partial charge in [0.25, 0.3) is 0 Å². The van der Waals surface area contributed by atoms with Gasteiger partial charge in [0.15, 0.2) is 34.6 Å². The summed E-state index contributed by atoms with van der Waals surface area (Å²) in [6, 6.07) is 10.1. The number of methoxy groups -OCH3 is 2. The van der Waals surface area contributed by atoms with Gasteiger partial charge in [-0.05, 0) is 60.4 Å². The maximum absolute atomic E-state index is 12.6. The molecule has 0 radical (unpaired) electrons. The van der Waals surface area contributed by atoms with E-state index < -0.39 is 0 Å². The average molecular weight is 845 g/mol. The van der Waals surface area contributed by atoms with Crippen LogP contribution in [0.3, 0.4) is 0 Å². The zero-order chi connectivity index (χ0) is 44.2. The summed E-state index contributed by atoms with van der Waals surface area (Å²) >= 11 is 0. The normalized spacial score (nSPS) is 11.3. The molecule has 0 N–H and O–H groups in total. The molecule has 2 aromatic carbocycles. The van der Waals surface area contributed by atoms with Crippen molar-refractivity contribution in [2.45, 2.75) is 200 Å². The largest absolute Gasteiger partial charge is 0.493 e. The van der Waals surface area contributed by atoms with E-state index in [-0.39, 0.29) is 29.9 Å². The zero-order valence-corrected chi connectivity index (χ0v) is 38.5. The second kappa shape index (κ2) is 35.4. The monoisotopic (exact) mass is 845 g/mol. The Morgan fingerprint density at radius 3 is 1.00 bits per heavy atom. The summed E-state index contributed by atoms with van der Waals surface area (Å²) in [7, 11) is 3.00. The molecule has 0 saturated carbocycles. The molecule has 0 bridgehead atoms. The van der Waals surface area contributed by atoms with Gasteiger partial charge in [0.2, 0.25) is 0 Å². The Balaban J connectivity index is 1.67. The SMILES string of the molecule is CCCCCCCCCCCCCCCC(=O)Oc1ccc(/C=C/C(=O)CC(=O)/C=C/c2ccc(OC(=O)CCCCCCCCCCCCCCC)c(OC)c2)cc1OC. The molecule has 0 heterocycles. The number of unbranched alkanes of at least 4 members (excludes halogenated alkanes) is 24. The first-order valence-corrected chi connectivity index (χ1v) is 24.0. The number of carbonyl (C=O) groups is 4. The van der Waals surface area contributed by atoms with Gasteiger partial charge in [0.1, 0.15) is 0 Å². The van der Waals surface area contributed by atoms with Crippen LogP contribution in [0.1, 0.15) is 211 Å². The number of hydrogen-bond acceptors (Lipinski definition) is 8. The number of esters is 2. The number of allylic oxidation sites excluding steroid dienone is 2. The van der Waals surface area contributed by atoms with Gasteiger partial charge < -0.3 is 18.9 Å². The number of rotatable bonds is 38. The maximum Gasteiger partial charge on any atom is 0.311 e. The Hall–Kier alpha value is -4.20. The molecule has 0 unspecified atom stereocenters. The Morgan fingerprint density at radius 1 is 0.410 bits per heavy atom. The number of ether oxygens (including phenoxy) is 4. The molecule has 340 valence electrons. The summed E-state index contributed by atoms with van der Waals surface area (Å²) in [5.41, 5.74) is 1.34. The Kier molecular flexibility index (Phi) is 30.7. The molecule has 0 aliphatic heterocycles. The molecule has 8 nitrogen and oxygen atoms in total. The van der Waals surface area contributed by atoms with E-state index >= 15 is 0 Å². The van der Waals surface area contributed by atoms with Gasteiger partial charge >= 0.3 is 11.9 Å². The molecule has 61 heavy (non-hydrogen) atoms. The van der Waals surface area contributed by atoms with E-state index in [1.54, 1.807) is 48.6 Å². The lowest BCUT2D eigenvalue weighted by Crippen LogP contribution is -2.08. The molecule has 0 atom stereocenters. The predicted molar refractivity (Wildman–Crippen MR) is 251 cm³/mol. The fourth-order valence-corrected chi connectivity index (χ4v) is 7.33. The van der Waals surface area contributed by atoms with Crippen molar-refractivity contribution in [3.63, 3.8) is 0 Å². The quantitative estimate of drug-likeness (QED) is 0.0216. The highest BCUT2D eigenvalue weighted by Crippen LogP contribution is 2.30. The van der Waals surface area contributed by atoms with Crippen LogP contribution in [0, 0.1) is 0 Å². The first kappa shape index (κ1) is 52.9. The van der Waals surface area contributed by atoms with Crippen molar-refractivity contribution in [3.05, 3.63) is 59.7 Å². The van der Waals surface area contributed by atoms with E-state index in [9.17, 15) is 19.2 Å². The summed E-state index contributed by atoms with van der Waals surface area (Å²) < 4.78 is 22.1. The first-order valence-electron chi connectivity index (χ1n) is 24.0. The van der Waals surface area contributed by atoms with Crippen LogP contribution in [0.4, 0.5) is 0 Å². The van der Waals surface area contributed by atoms with Crippen LogP contribution >= 0.6 is 0 Å². The van der Waals surface area contributed by atoms with E-state index in [1.165, 1.54) is 155 Å². The summed E-state index contributed by atoms with van der Waals surface area (Å²) in [5.74, 6) is 0.143. The number of carbonyl (C=O) groups excluding carboxylic acids is 4. The van der Waals surface area contributed by atoms with Gasteiger partial charge in [-0.3, -0.25) is 19.2 Å². The number of hydrogen-bond donors (Lipinski definition) is 0. The minimum Gasteiger partial charge on any atom is -0.493 e. The lowest BCUT2D eigenvalue weighted by molar-refractivity contribution is -0.135. The maximum atomic E-state index is 12.6. The van der Waals surface area contributed by atoms with Gasteiger partial charge in [-0.25, -0.2) is 0 Å². The van der Waals surface area contributed by atoms with E-state index in [4.69, 9.17) is 18.9 Å². The van der Waals surface area contributed by atoms with Crippen LogP contribution in [0.15, 0.2) is 48.6 Å². The average Bonchev–Trinajstić information content (AvgIpc) is 3.26. The van der Waals surface area contributed by atoms with E-state index in [0.717, 1.165) is 38.5 Å². The molecule has 0 spiro atoms. The van der Waals surface area contributed by atoms with Crippen molar-refractivity contribution in [3.8, 4) is 23.0 Å². The van der Waals surface area contributed by atoms with Crippen molar-refractivity contribution >= 4 is 35.7 Å². The van der Waals surface area contributed by atoms with Gasteiger partial charge in [0.05, 0.1) is 20.6 Å². The van der Waals surface area contributed by atoms with Crippen molar-refractivity contribution < 1.29 is 38.1 Å².